The third-order valence-corrected chi connectivity index (χ3v) is 5.90. The Labute approximate surface area is 175 Å². The molecule has 1 amide bonds. The van der Waals surface area contributed by atoms with Crippen molar-refractivity contribution in [3.63, 3.8) is 0 Å². The Balaban J connectivity index is 2.12. The third kappa shape index (κ3) is 7.16. The second-order valence-corrected chi connectivity index (χ2v) is 8.68. The number of carboxylic acids is 1. The van der Waals surface area contributed by atoms with Crippen LogP contribution in [0.2, 0.25) is 5.02 Å². The first kappa shape index (κ1) is 22.9. The van der Waals surface area contributed by atoms with E-state index in [9.17, 15) is 18.0 Å². The number of amides is 1. The molecular formula is C20H23ClN2O5S. The van der Waals surface area contributed by atoms with Gasteiger partial charge in [-0.15, -0.1) is 0 Å². The molecule has 2 aromatic rings. The molecule has 0 saturated carbocycles. The van der Waals surface area contributed by atoms with Gasteiger partial charge in [-0.05, 0) is 48.4 Å². The highest BCUT2D eigenvalue weighted by Crippen LogP contribution is 2.16. The molecule has 2 aromatic carbocycles. The highest BCUT2D eigenvalue weighted by Gasteiger charge is 2.25. The summed E-state index contributed by atoms with van der Waals surface area (Å²) in [6, 6.07) is 11.1. The van der Waals surface area contributed by atoms with Crippen molar-refractivity contribution in [2.24, 2.45) is 0 Å². The smallest absolute Gasteiger partial charge is 0.307 e. The van der Waals surface area contributed by atoms with Crippen LogP contribution in [0.5, 0.6) is 0 Å². The standard InChI is InChI=1S/C20H23ClN2O5S/c1-2-3-4-18(23-29(27,28)17-11-7-15(21)8-12-17)20(26)22-16-9-5-14(6-10-16)13-19(24)25/h5-12,18,23H,2-4,13H2,1H3,(H,22,26)(H,24,25). The number of hydrogen-bond acceptors (Lipinski definition) is 4. The summed E-state index contributed by atoms with van der Waals surface area (Å²) in [5, 5.41) is 11.9. The first-order valence-corrected chi connectivity index (χ1v) is 11.0. The second kappa shape index (κ2) is 10.4. The fourth-order valence-corrected chi connectivity index (χ4v) is 3.99. The number of aliphatic carboxylic acids is 1. The van der Waals surface area contributed by atoms with Crippen molar-refractivity contribution < 1.29 is 23.1 Å². The zero-order chi connectivity index (χ0) is 21.4. The van der Waals surface area contributed by atoms with Crippen LogP contribution in [0.15, 0.2) is 53.4 Å². The van der Waals surface area contributed by atoms with Crippen LogP contribution < -0.4 is 10.0 Å². The van der Waals surface area contributed by atoms with Gasteiger partial charge < -0.3 is 10.4 Å². The van der Waals surface area contributed by atoms with Gasteiger partial charge in [0.15, 0.2) is 0 Å². The Morgan fingerprint density at radius 2 is 1.69 bits per heavy atom. The molecule has 0 heterocycles. The molecule has 0 saturated heterocycles. The Kier molecular flexibility index (Phi) is 8.19. The van der Waals surface area contributed by atoms with E-state index in [0.29, 0.717) is 29.1 Å². The van der Waals surface area contributed by atoms with Gasteiger partial charge in [0.1, 0.15) is 6.04 Å². The number of unbranched alkanes of at least 4 members (excludes halogenated alkanes) is 1. The zero-order valence-electron chi connectivity index (χ0n) is 15.9. The summed E-state index contributed by atoms with van der Waals surface area (Å²) in [5.74, 6) is -1.43. The lowest BCUT2D eigenvalue weighted by atomic mass is 10.1. The second-order valence-electron chi connectivity index (χ2n) is 6.53. The number of carbonyl (C=O) groups excluding carboxylic acids is 1. The maximum atomic E-state index is 12.7. The minimum atomic E-state index is -3.90. The first-order chi connectivity index (χ1) is 13.7. The van der Waals surface area contributed by atoms with Gasteiger partial charge in [0.25, 0.3) is 0 Å². The highest BCUT2D eigenvalue weighted by atomic mass is 35.5. The van der Waals surface area contributed by atoms with E-state index in [2.05, 4.69) is 10.0 Å². The molecule has 1 atom stereocenters. The molecule has 0 aliphatic heterocycles. The predicted octanol–water partition coefficient (Wildman–Crippen LogP) is 3.44. The van der Waals surface area contributed by atoms with Crippen molar-refractivity contribution in [2.75, 3.05) is 5.32 Å². The molecule has 156 valence electrons. The Morgan fingerprint density at radius 3 is 2.24 bits per heavy atom. The number of anilines is 1. The Bertz CT molecular complexity index is 944. The quantitative estimate of drug-likeness (QED) is 0.526. The minimum Gasteiger partial charge on any atom is -0.481 e. The molecular weight excluding hydrogens is 416 g/mol. The molecule has 3 N–H and O–H groups in total. The fourth-order valence-electron chi connectivity index (χ4n) is 2.63. The average molecular weight is 439 g/mol. The van der Waals surface area contributed by atoms with E-state index >= 15 is 0 Å². The monoisotopic (exact) mass is 438 g/mol. The lowest BCUT2D eigenvalue weighted by Crippen LogP contribution is -2.43. The van der Waals surface area contributed by atoms with Crippen LogP contribution >= 0.6 is 11.6 Å². The number of benzene rings is 2. The van der Waals surface area contributed by atoms with Crippen LogP contribution in [-0.4, -0.2) is 31.4 Å². The van der Waals surface area contributed by atoms with Crippen LogP contribution in [0.3, 0.4) is 0 Å². The molecule has 1 unspecified atom stereocenters. The van der Waals surface area contributed by atoms with Crippen LogP contribution in [0.25, 0.3) is 0 Å². The Hall–Kier alpha value is -2.42. The van der Waals surface area contributed by atoms with E-state index in [-0.39, 0.29) is 11.3 Å². The van der Waals surface area contributed by atoms with Crippen LogP contribution in [0.4, 0.5) is 5.69 Å². The predicted molar refractivity (Wildman–Crippen MR) is 111 cm³/mol. The van der Waals surface area contributed by atoms with Crippen molar-refractivity contribution in [3.05, 3.63) is 59.1 Å². The fraction of sp³-hybridized carbons (Fsp3) is 0.300. The van der Waals surface area contributed by atoms with Crippen LogP contribution in [0.1, 0.15) is 31.7 Å². The van der Waals surface area contributed by atoms with E-state index in [1.165, 1.54) is 24.3 Å². The highest BCUT2D eigenvalue weighted by molar-refractivity contribution is 7.89. The summed E-state index contributed by atoms with van der Waals surface area (Å²) in [5.41, 5.74) is 1.05. The zero-order valence-corrected chi connectivity index (χ0v) is 17.5. The van der Waals surface area contributed by atoms with Crippen molar-refractivity contribution in [1.29, 1.82) is 0 Å². The number of nitrogens with one attached hydrogen (secondary N) is 2. The average Bonchev–Trinajstić information content (AvgIpc) is 2.66. The van der Waals surface area contributed by atoms with Gasteiger partial charge >= 0.3 is 5.97 Å². The normalized spacial score (nSPS) is 12.3. The largest absolute Gasteiger partial charge is 0.481 e. The van der Waals surface area contributed by atoms with Crippen molar-refractivity contribution in [1.82, 2.24) is 4.72 Å². The molecule has 0 aliphatic carbocycles. The molecule has 0 spiro atoms. The molecule has 0 aromatic heterocycles. The summed E-state index contributed by atoms with van der Waals surface area (Å²) >= 11 is 5.80. The van der Waals surface area contributed by atoms with E-state index in [1.807, 2.05) is 6.92 Å². The molecule has 0 radical (unpaired) electrons. The van der Waals surface area contributed by atoms with Gasteiger partial charge in [0.2, 0.25) is 15.9 Å². The minimum absolute atomic E-state index is 0.0224. The molecule has 2 rings (SSSR count). The summed E-state index contributed by atoms with van der Waals surface area (Å²) in [4.78, 5) is 23.5. The van der Waals surface area contributed by atoms with Crippen LogP contribution in [-0.2, 0) is 26.0 Å². The van der Waals surface area contributed by atoms with E-state index in [1.54, 1.807) is 24.3 Å². The number of rotatable bonds is 10. The Morgan fingerprint density at radius 1 is 1.07 bits per heavy atom. The lowest BCUT2D eigenvalue weighted by Gasteiger charge is -2.18. The van der Waals surface area contributed by atoms with Crippen molar-refractivity contribution >= 4 is 39.2 Å². The maximum Gasteiger partial charge on any atom is 0.307 e. The van der Waals surface area contributed by atoms with Gasteiger partial charge in [0.05, 0.1) is 11.3 Å². The number of hydrogen-bond donors (Lipinski definition) is 3. The van der Waals surface area contributed by atoms with Crippen LogP contribution in [0, 0.1) is 0 Å². The molecule has 9 heteroatoms. The van der Waals surface area contributed by atoms with Crippen molar-refractivity contribution in [3.8, 4) is 0 Å². The summed E-state index contributed by atoms with van der Waals surface area (Å²) < 4.78 is 27.7. The van der Waals surface area contributed by atoms with E-state index in [4.69, 9.17) is 16.7 Å². The lowest BCUT2D eigenvalue weighted by molar-refractivity contribution is -0.136. The van der Waals surface area contributed by atoms with E-state index in [0.717, 1.165) is 6.42 Å². The molecule has 0 bridgehead atoms. The molecule has 7 nitrogen and oxygen atoms in total. The van der Waals surface area contributed by atoms with Crippen molar-refractivity contribution in [2.45, 2.75) is 43.5 Å². The van der Waals surface area contributed by atoms with Gasteiger partial charge in [-0.3, -0.25) is 9.59 Å². The number of halogens is 1. The van der Waals surface area contributed by atoms with Gasteiger partial charge in [-0.25, -0.2) is 8.42 Å². The number of sulfonamides is 1. The summed E-state index contributed by atoms with van der Waals surface area (Å²) in [6.07, 6.45) is 1.69. The maximum absolute atomic E-state index is 12.7. The third-order valence-electron chi connectivity index (χ3n) is 4.16. The molecule has 0 fully saturated rings. The van der Waals surface area contributed by atoms with E-state index < -0.39 is 27.9 Å². The number of carboxylic acid groups (broad SMARTS) is 1. The SMILES string of the molecule is CCCCC(NS(=O)(=O)c1ccc(Cl)cc1)C(=O)Nc1ccc(CC(=O)O)cc1. The summed E-state index contributed by atoms with van der Waals surface area (Å²) in [6.45, 7) is 1.95. The first-order valence-electron chi connectivity index (χ1n) is 9.10. The molecule has 29 heavy (non-hydrogen) atoms. The van der Waals surface area contributed by atoms with Gasteiger partial charge in [-0.2, -0.15) is 4.72 Å². The topological polar surface area (TPSA) is 113 Å². The molecule has 0 aliphatic rings. The summed E-state index contributed by atoms with van der Waals surface area (Å²) in [7, 11) is -3.90. The van der Waals surface area contributed by atoms with Gasteiger partial charge in [0, 0.05) is 10.7 Å². The number of carbonyl (C=O) groups is 2. The van der Waals surface area contributed by atoms with Gasteiger partial charge in [-0.1, -0.05) is 43.5 Å².